The normalized spacial score (nSPS) is 9.38. The van der Waals surface area contributed by atoms with Crippen molar-refractivity contribution in [2.24, 2.45) is 0 Å². The largest absolute Gasteiger partial charge is 0.206 e. The Morgan fingerprint density at radius 2 is 1.00 bits per heavy atom. The first kappa shape index (κ1) is 10.4. The standard InChI is InChI=1S/C14H8F2/c15-13-7-3-1-5-11(13)9-10-12-6-2-4-8-14(12)16/h1-8H. The molecule has 2 aromatic carbocycles. The molecular formula is C14H8F2. The number of halogens is 2. The summed E-state index contributed by atoms with van der Waals surface area (Å²) in [6.45, 7) is 0. The lowest BCUT2D eigenvalue weighted by atomic mass is 10.1. The van der Waals surface area contributed by atoms with E-state index in [4.69, 9.17) is 0 Å². The van der Waals surface area contributed by atoms with Crippen molar-refractivity contribution in [3.63, 3.8) is 0 Å². The summed E-state index contributed by atoms with van der Waals surface area (Å²) in [4.78, 5) is 0. The predicted octanol–water partition coefficient (Wildman–Crippen LogP) is 3.36. The molecule has 2 rings (SSSR count). The van der Waals surface area contributed by atoms with Crippen LogP contribution in [0.4, 0.5) is 8.78 Å². The van der Waals surface area contributed by atoms with Crippen molar-refractivity contribution in [3.05, 3.63) is 71.3 Å². The molecule has 2 aromatic rings. The van der Waals surface area contributed by atoms with Gasteiger partial charge in [-0.3, -0.25) is 0 Å². The maximum Gasteiger partial charge on any atom is 0.138 e. The minimum absolute atomic E-state index is 0.269. The molecule has 0 unspecified atom stereocenters. The van der Waals surface area contributed by atoms with E-state index in [1.807, 2.05) is 0 Å². The van der Waals surface area contributed by atoms with Crippen molar-refractivity contribution >= 4 is 0 Å². The second-order valence-electron chi connectivity index (χ2n) is 3.21. The molecule has 0 aliphatic heterocycles. The molecule has 0 bridgehead atoms. The summed E-state index contributed by atoms with van der Waals surface area (Å²) in [6.07, 6.45) is 0. The Labute approximate surface area is 92.5 Å². The van der Waals surface area contributed by atoms with Gasteiger partial charge >= 0.3 is 0 Å². The van der Waals surface area contributed by atoms with Crippen LogP contribution in [-0.2, 0) is 0 Å². The molecule has 0 heterocycles. The van der Waals surface area contributed by atoms with Crippen molar-refractivity contribution < 1.29 is 8.78 Å². The molecule has 0 fully saturated rings. The highest BCUT2D eigenvalue weighted by Crippen LogP contribution is 2.07. The van der Waals surface area contributed by atoms with Crippen LogP contribution in [0.1, 0.15) is 11.1 Å². The summed E-state index contributed by atoms with van der Waals surface area (Å²) in [6, 6.07) is 12.3. The molecule has 0 aromatic heterocycles. The van der Waals surface area contributed by atoms with E-state index in [-0.39, 0.29) is 11.1 Å². The highest BCUT2D eigenvalue weighted by atomic mass is 19.1. The van der Waals surface area contributed by atoms with Crippen LogP contribution < -0.4 is 0 Å². The van der Waals surface area contributed by atoms with Gasteiger partial charge in [-0.1, -0.05) is 36.1 Å². The maximum absolute atomic E-state index is 13.2. The van der Waals surface area contributed by atoms with Gasteiger partial charge in [0.25, 0.3) is 0 Å². The second kappa shape index (κ2) is 4.59. The highest BCUT2D eigenvalue weighted by Gasteiger charge is 1.97. The first-order valence-corrected chi connectivity index (χ1v) is 4.78. The summed E-state index contributed by atoms with van der Waals surface area (Å²) in [5.41, 5.74) is 0.538. The molecule has 0 saturated heterocycles. The topological polar surface area (TPSA) is 0 Å². The van der Waals surface area contributed by atoms with Gasteiger partial charge in [0.1, 0.15) is 11.6 Å². The molecule has 0 radical (unpaired) electrons. The molecule has 2 heteroatoms. The minimum Gasteiger partial charge on any atom is -0.206 e. The lowest BCUT2D eigenvalue weighted by Crippen LogP contribution is -1.84. The molecule has 0 spiro atoms. The summed E-state index contributed by atoms with van der Waals surface area (Å²) in [5.74, 6) is 4.42. The van der Waals surface area contributed by atoms with Crippen molar-refractivity contribution in [1.82, 2.24) is 0 Å². The summed E-state index contributed by atoms with van der Waals surface area (Å²) in [5, 5.41) is 0. The van der Waals surface area contributed by atoms with Crippen LogP contribution in [0.3, 0.4) is 0 Å². The molecule has 0 amide bonds. The molecule has 0 N–H and O–H groups in total. The Kier molecular flexibility index (Phi) is 2.98. The van der Waals surface area contributed by atoms with Crippen molar-refractivity contribution in [2.45, 2.75) is 0 Å². The third kappa shape index (κ3) is 2.26. The van der Waals surface area contributed by atoms with Gasteiger partial charge in [-0.2, -0.15) is 0 Å². The number of hydrogen-bond acceptors (Lipinski definition) is 0. The maximum atomic E-state index is 13.2. The van der Waals surface area contributed by atoms with E-state index in [0.717, 1.165) is 0 Å². The van der Waals surface area contributed by atoms with E-state index >= 15 is 0 Å². The van der Waals surface area contributed by atoms with Crippen LogP contribution in [-0.4, -0.2) is 0 Å². The van der Waals surface area contributed by atoms with Crippen LogP contribution in [0.2, 0.25) is 0 Å². The summed E-state index contributed by atoms with van der Waals surface area (Å²) >= 11 is 0. The summed E-state index contributed by atoms with van der Waals surface area (Å²) in [7, 11) is 0. The van der Waals surface area contributed by atoms with Crippen LogP contribution in [0, 0.1) is 23.5 Å². The molecule has 0 saturated carbocycles. The third-order valence-electron chi connectivity index (χ3n) is 2.08. The highest BCUT2D eigenvalue weighted by molar-refractivity contribution is 5.43. The van der Waals surface area contributed by atoms with Gasteiger partial charge in [0.15, 0.2) is 0 Å². The van der Waals surface area contributed by atoms with Crippen LogP contribution in [0.5, 0.6) is 0 Å². The number of hydrogen-bond donors (Lipinski definition) is 0. The van der Waals surface area contributed by atoms with E-state index < -0.39 is 11.6 Å². The van der Waals surface area contributed by atoms with Gasteiger partial charge < -0.3 is 0 Å². The van der Waals surface area contributed by atoms with Gasteiger partial charge in [0.05, 0.1) is 11.1 Å². The lowest BCUT2D eigenvalue weighted by molar-refractivity contribution is 0.622. The van der Waals surface area contributed by atoms with E-state index in [0.29, 0.717) is 0 Å². The quantitative estimate of drug-likeness (QED) is 0.590. The lowest BCUT2D eigenvalue weighted by Gasteiger charge is -1.93. The first-order chi connectivity index (χ1) is 7.77. The van der Waals surface area contributed by atoms with Crippen molar-refractivity contribution in [3.8, 4) is 11.8 Å². The zero-order chi connectivity index (χ0) is 11.4. The predicted molar refractivity (Wildman–Crippen MR) is 58.8 cm³/mol. The van der Waals surface area contributed by atoms with Crippen molar-refractivity contribution in [1.29, 1.82) is 0 Å². The van der Waals surface area contributed by atoms with E-state index in [9.17, 15) is 8.78 Å². The third-order valence-corrected chi connectivity index (χ3v) is 2.08. The Bertz CT molecular complexity index is 513. The Morgan fingerprint density at radius 3 is 1.38 bits per heavy atom. The Balaban J connectivity index is 2.36. The molecular weight excluding hydrogens is 206 g/mol. The van der Waals surface area contributed by atoms with E-state index in [2.05, 4.69) is 11.8 Å². The molecule has 0 aliphatic rings. The number of rotatable bonds is 0. The minimum atomic E-state index is -0.397. The molecule has 16 heavy (non-hydrogen) atoms. The van der Waals surface area contributed by atoms with Gasteiger partial charge in [-0.05, 0) is 24.3 Å². The van der Waals surface area contributed by atoms with Crippen LogP contribution in [0.15, 0.2) is 48.5 Å². The smallest absolute Gasteiger partial charge is 0.138 e. The first-order valence-electron chi connectivity index (χ1n) is 4.78. The average molecular weight is 214 g/mol. The monoisotopic (exact) mass is 214 g/mol. The van der Waals surface area contributed by atoms with E-state index in [1.165, 1.54) is 12.1 Å². The van der Waals surface area contributed by atoms with Crippen LogP contribution >= 0.6 is 0 Å². The fourth-order valence-corrected chi connectivity index (χ4v) is 1.26. The number of benzene rings is 2. The van der Waals surface area contributed by atoms with Gasteiger partial charge in [-0.15, -0.1) is 0 Å². The van der Waals surface area contributed by atoms with Crippen LogP contribution in [0.25, 0.3) is 0 Å². The van der Waals surface area contributed by atoms with E-state index in [1.54, 1.807) is 36.4 Å². The molecule has 0 nitrogen and oxygen atoms in total. The molecule has 0 aliphatic carbocycles. The second-order valence-corrected chi connectivity index (χ2v) is 3.21. The fourth-order valence-electron chi connectivity index (χ4n) is 1.26. The molecule has 78 valence electrons. The van der Waals surface area contributed by atoms with Gasteiger partial charge in [0, 0.05) is 0 Å². The average Bonchev–Trinajstić information content (AvgIpc) is 2.30. The fraction of sp³-hybridized carbons (Fsp3) is 0. The zero-order valence-electron chi connectivity index (χ0n) is 8.37. The van der Waals surface area contributed by atoms with Crippen molar-refractivity contribution in [2.75, 3.05) is 0 Å². The summed E-state index contributed by atoms with van der Waals surface area (Å²) < 4.78 is 26.4. The molecule has 0 atom stereocenters. The SMILES string of the molecule is Fc1ccccc1C#Cc1ccccc1F. The van der Waals surface area contributed by atoms with Gasteiger partial charge in [-0.25, -0.2) is 8.78 Å². The Morgan fingerprint density at radius 1 is 0.625 bits per heavy atom. The van der Waals surface area contributed by atoms with Gasteiger partial charge in [0.2, 0.25) is 0 Å². The zero-order valence-corrected chi connectivity index (χ0v) is 8.37. The Hall–Kier alpha value is -2.14.